The second kappa shape index (κ2) is 9.14. The average molecular weight is 336 g/mol. The van der Waals surface area contributed by atoms with Gasteiger partial charge < -0.3 is 14.8 Å². The van der Waals surface area contributed by atoms with Crippen LogP contribution in [-0.2, 0) is 4.79 Å². The first-order valence-corrected chi connectivity index (χ1v) is 7.96. The van der Waals surface area contributed by atoms with Crippen molar-refractivity contribution in [1.82, 2.24) is 0 Å². The van der Waals surface area contributed by atoms with Gasteiger partial charge in [0, 0.05) is 11.8 Å². The van der Waals surface area contributed by atoms with Crippen LogP contribution in [0, 0.1) is 11.3 Å². The molecular weight excluding hydrogens is 316 g/mol. The smallest absolute Gasteiger partial charge is 0.248 e. The van der Waals surface area contributed by atoms with Crippen LogP contribution in [0.3, 0.4) is 0 Å². The molecule has 5 nitrogen and oxygen atoms in total. The Balaban J connectivity index is 2.02. The van der Waals surface area contributed by atoms with E-state index in [1.807, 2.05) is 31.2 Å². The standard InChI is InChI=1S/C20H20N2O3/c1-3-12-25-18-10-6-15(13-19(18)24-2)7-11-20(23)22-17-8-4-16(14-21)5-9-17/h4-11,13H,3,12H2,1-2H3,(H,22,23)/b11-7+. The lowest BCUT2D eigenvalue weighted by Crippen LogP contribution is -2.07. The molecule has 0 unspecified atom stereocenters. The van der Waals surface area contributed by atoms with E-state index in [4.69, 9.17) is 14.7 Å². The second-order valence-electron chi connectivity index (χ2n) is 5.27. The molecule has 0 aromatic heterocycles. The lowest BCUT2D eigenvalue weighted by molar-refractivity contribution is -0.111. The molecule has 0 aliphatic carbocycles. The maximum Gasteiger partial charge on any atom is 0.248 e. The molecule has 0 fully saturated rings. The third-order valence-corrected chi connectivity index (χ3v) is 3.36. The van der Waals surface area contributed by atoms with E-state index < -0.39 is 0 Å². The number of carbonyl (C=O) groups is 1. The van der Waals surface area contributed by atoms with Crippen LogP contribution in [0.15, 0.2) is 48.5 Å². The summed E-state index contributed by atoms with van der Waals surface area (Å²) in [5, 5.41) is 11.5. The van der Waals surface area contributed by atoms with Crippen molar-refractivity contribution in [2.45, 2.75) is 13.3 Å². The van der Waals surface area contributed by atoms with Gasteiger partial charge in [0.15, 0.2) is 11.5 Å². The fourth-order valence-electron chi connectivity index (χ4n) is 2.10. The Bertz CT molecular complexity index is 790. The first-order valence-electron chi connectivity index (χ1n) is 7.96. The van der Waals surface area contributed by atoms with Gasteiger partial charge >= 0.3 is 0 Å². The molecule has 0 bridgehead atoms. The van der Waals surface area contributed by atoms with Crippen LogP contribution in [-0.4, -0.2) is 19.6 Å². The maximum absolute atomic E-state index is 12.0. The number of nitrogens with zero attached hydrogens (tertiary/aromatic N) is 1. The number of hydrogen-bond acceptors (Lipinski definition) is 4. The minimum Gasteiger partial charge on any atom is -0.493 e. The quantitative estimate of drug-likeness (QED) is 0.776. The minimum atomic E-state index is -0.255. The number of rotatable bonds is 7. The van der Waals surface area contributed by atoms with Crippen LogP contribution in [0.1, 0.15) is 24.5 Å². The van der Waals surface area contributed by atoms with Crippen molar-refractivity contribution in [3.05, 3.63) is 59.7 Å². The molecule has 0 saturated carbocycles. The van der Waals surface area contributed by atoms with Gasteiger partial charge in [-0.05, 0) is 54.5 Å². The molecule has 1 N–H and O–H groups in total. The van der Waals surface area contributed by atoms with E-state index in [0.717, 1.165) is 12.0 Å². The van der Waals surface area contributed by atoms with Crippen LogP contribution in [0.2, 0.25) is 0 Å². The molecule has 0 aliphatic heterocycles. The fraction of sp³-hybridized carbons (Fsp3) is 0.200. The number of carbonyl (C=O) groups excluding carboxylic acids is 1. The van der Waals surface area contributed by atoms with Gasteiger partial charge in [0.25, 0.3) is 0 Å². The molecule has 2 aromatic carbocycles. The first kappa shape index (κ1) is 18.1. The van der Waals surface area contributed by atoms with Gasteiger partial charge in [-0.25, -0.2) is 0 Å². The molecular formula is C20H20N2O3. The molecule has 0 atom stereocenters. The Morgan fingerprint density at radius 1 is 1.20 bits per heavy atom. The van der Waals surface area contributed by atoms with E-state index >= 15 is 0 Å². The van der Waals surface area contributed by atoms with Crippen LogP contribution in [0.25, 0.3) is 6.08 Å². The molecule has 2 aromatic rings. The van der Waals surface area contributed by atoms with Gasteiger partial charge in [-0.15, -0.1) is 0 Å². The molecule has 0 spiro atoms. The maximum atomic E-state index is 12.0. The van der Waals surface area contributed by atoms with Gasteiger partial charge in [0.1, 0.15) is 0 Å². The Morgan fingerprint density at radius 3 is 2.60 bits per heavy atom. The third kappa shape index (κ3) is 5.40. The highest BCUT2D eigenvalue weighted by molar-refractivity contribution is 6.01. The predicted octanol–water partition coefficient (Wildman–Crippen LogP) is 4.01. The highest BCUT2D eigenvalue weighted by Gasteiger charge is 2.05. The zero-order valence-electron chi connectivity index (χ0n) is 14.3. The number of amides is 1. The first-order chi connectivity index (χ1) is 12.2. The van der Waals surface area contributed by atoms with E-state index in [1.165, 1.54) is 6.08 Å². The molecule has 0 radical (unpaired) electrons. The minimum absolute atomic E-state index is 0.255. The van der Waals surface area contributed by atoms with Gasteiger partial charge in [-0.1, -0.05) is 13.0 Å². The van der Waals surface area contributed by atoms with Crippen molar-refractivity contribution in [2.75, 3.05) is 19.0 Å². The molecule has 128 valence electrons. The topological polar surface area (TPSA) is 71.3 Å². The van der Waals surface area contributed by atoms with E-state index in [0.29, 0.717) is 29.4 Å². The number of methoxy groups -OCH3 is 1. The van der Waals surface area contributed by atoms with Crippen LogP contribution in [0.4, 0.5) is 5.69 Å². The molecule has 0 saturated heterocycles. The second-order valence-corrected chi connectivity index (χ2v) is 5.27. The summed E-state index contributed by atoms with van der Waals surface area (Å²) in [5.41, 5.74) is 2.01. The normalized spacial score (nSPS) is 10.3. The number of nitrogens with one attached hydrogen (secondary N) is 1. The molecule has 0 aliphatic rings. The predicted molar refractivity (Wildman–Crippen MR) is 97.6 cm³/mol. The highest BCUT2D eigenvalue weighted by Crippen LogP contribution is 2.28. The summed E-state index contributed by atoms with van der Waals surface area (Å²) in [6.45, 7) is 2.66. The van der Waals surface area contributed by atoms with E-state index in [2.05, 4.69) is 5.32 Å². The zero-order chi connectivity index (χ0) is 18.1. The average Bonchev–Trinajstić information content (AvgIpc) is 2.65. The Labute approximate surface area is 147 Å². The summed E-state index contributed by atoms with van der Waals surface area (Å²) >= 11 is 0. The molecule has 0 heterocycles. The number of benzene rings is 2. The van der Waals surface area contributed by atoms with Crippen LogP contribution in [0.5, 0.6) is 11.5 Å². The van der Waals surface area contributed by atoms with Gasteiger partial charge in [-0.3, -0.25) is 4.79 Å². The number of ether oxygens (including phenoxy) is 2. The van der Waals surface area contributed by atoms with E-state index in [1.54, 1.807) is 37.5 Å². The van der Waals surface area contributed by atoms with Gasteiger partial charge in [-0.2, -0.15) is 5.26 Å². The summed E-state index contributed by atoms with van der Waals surface area (Å²) in [7, 11) is 1.58. The molecule has 25 heavy (non-hydrogen) atoms. The largest absolute Gasteiger partial charge is 0.493 e. The van der Waals surface area contributed by atoms with Crippen LogP contribution < -0.4 is 14.8 Å². The van der Waals surface area contributed by atoms with Crippen molar-refractivity contribution in [2.24, 2.45) is 0 Å². The fourth-order valence-corrected chi connectivity index (χ4v) is 2.10. The highest BCUT2D eigenvalue weighted by atomic mass is 16.5. The van der Waals surface area contributed by atoms with Crippen molar-refractivity contribution < 1.29 is 14.3 Å². The summed E-state index contributed by atoms with van der Waals surface area (Å²) in [4.78, 5) is 12.0. The third-order valence-electron chi connectivity index (χ3n) is 3.36. The zero-order valence-corrected chi connectivity index (χ0v) is 14.3. The van der Waals surface area contributed by atoms with Gasteiger partial charge in [0.2, 0.25) is 5.91 Å². The van der Waals surface area contributed by atoms with E-state index in [-0.39, 0.29) is 5.91 Å². The summed E-state index contributed by atoms with van der Waals surface area (Å²) < 4.78 is 10.9. The molecule has 2 rings (SSSR count). The summed E-state index contributed by atoms with van der Waals surface area (Å²) in [6, 6.07) is 14.2. The lowest BCUT2D eigenvalue weighted by Gasteiger charge is -2.10. The lowest BCUT2D eigenvalue weighted by atomic mass is 10.2. The number of nitriles is 1. The summed E-state index contributed by atoms with van der Waals surface area (Å²) in [5.74, 6) is 1.06. The van der Waals surface area contributed by atoms with Crippen molar-refractivity contribution in [3.8, 4) is 17.6 Å². The Morgan fingerprint density at radius 2 is 1.96 bits per heavy atom. The number of anilines is 1. The van der Waals surface area contributed by atoms with Crippen molar-refractivity contribution >= 4 is 17.7 Å². The SMILES string of the molecule is CCCOc1ccc(/C=C/C(=O)Nc2ccc(C#N)cc2)cc1OC. The van der Waals surface area contributed by atoms with Crippen molar-refractivity contribution in [3.63, 3.8) is 0 Å². The monoisotopic (exact) mass is 336 g/mol. The Kier molecular flexibility index (Phi) is 6.61. The van der Waals surface area contributed by atoms with Gasteiger partial charge in [0.05, 0.1) is 25.3 Å². The van der Waals surface area contributed by atoms with Crippen molar-refractivity contribution in [1.29, 1.82) is 5.26 Å². The van der Waals surface area contributed by atoms with E-state index in [9.17, 15) is 4.79 Å². The Hall–Kier alpha value is -3.26. The number of hydrogen-bond donors (Lipinski definition) is 1. The van der Waals surface area contributed by atoms with Crippen LogP contribution >= 0.6 is 0 Å². The summed E-state index contributed by atoms with van der Waals surface area (Å²) in [6.07, 6.45) is 4.06. The molecule has 1 amide bonds. The molecule has 5 heteroatoms.